The van der Waals surface area contributed by atoms with Crippen LogP contribution in [0.15, 0.2) is 212 Å². The molecule has 0 aliphatic heterocycles. The zero-order valence-corrected chi connectivity index (χ0v) is 39.4. The van der Waals surface area contributed by atoms with Gasteiger partial charge in [0.05, 0.1) is 52.6 Å². The first-order valence-electron chi connectivity index (χ1n) is 23.5. The zero-order valence-electron chi connectivity index (χ0n) is 38.4. The fourth-order valence-corrected chi connectivity index (χ4v) is 11.7. The van der Waals surface area contributed by atoms with Gasteiger partial charge in [0.15, 0.2) is 5.82 Å². The highest BCUT2D eigenvalue weighted by Crippen LogP contribution is 2.39. The van der Waals surface area contributed by atoms with Gasteiger partial charge in [0.2, 0.25) is 0 Å². The van der Waals surface area contributed by atoms with Gasteiger partial charge < -0.3 is 13.7 Å². The highest BCUT2D eigenvalue weighted by molar-refractivity contribution is 6.88. The second-order valence-corrected chi connectivity index (χ2v) is 24.3. The molecule has 0 bridgehead atoms. The van der Waals surface area contributed by atoms with Crippen molar-refractivity contribution in [2.45, 2.75) is 26.6 Å². The number of nitrogens with zero attached hydrogens (tertiary/aromatic N) is 5. The van der Waals surface area contributed by atoms with Crippen molar-refractivity contribution in [2.75, 3.05) is 0 Å². The van der Waals surface area contributed by atoms with Gasteiger partial charge in [0.1, 0.15) is 0 Å². The Balaban J connectivity index is 1.03. The number of rotatable bonds is 7. The Labute approximate surface area is 395 Å². The molecule has 4 heterocycles. The molecule has 0 radical (unpaired) electrons. The van der Waals surface area contributed by atoms with Crippen LogP contribution in [0.2, 0.25) is 19.6 Å². The molecule has 13 aromatic rings. The minimum atomic E-state index is -1.53. The van der Waals surface area contributed by atoms with Crippen LogP contribution in [0.4, 0.5) is 0 Å². The monoisotopic (exact) mass is 889 g/mol. The minimum Gasteiger partial charge on any atom is -0.309 e. The van der Waals surface area contributed by atoms with E-state index in [1.807, 2.05) is 6.07 Å². The molecule has 5 nitrogen and oxygen atoms in total. The Morgan fingerprint density at radius 2 is 0.765 bits per heavy atom. The summed E-state index contributed by atoms with van der Waals surface area (Å²) in [7, 11) is -1.53. The van der Waals surface area contributed by atoms with Crippen molar-refractivity contribution in [2.24, 2.45) is 0 Å². The fraction of sp³-hybridized carbons (Fsp3) is 0.0645. The van der Waals surface area contributed by atoms with E-state index in [0.29, 0.717) is 5.82 Å². The van der Waals surface area contributed by atoms with Gasteiger partial charge in [-0.3, -0.25) is 0 Å². The summed E-state index contributed by atoms with van der Waals surface area (Å²) in [6, 6.07) is 77.3. The number of benzene rings is 9. The maximum atomic E-state index is 5.42. The van der Waals surface area contributed by atoms with Crippen LogP contribution in [0.1, 0.15) is 5.56 Å². The van der Waals surface area contributed by atoms with Gasteiger partial charge >= 0.3 is 0 Å². The Kier molecular flexibility index (Phi) is 9.04. The first-order valence-corrected chi connectivity index (χ1v) is 27.0. The van der Waals surface area contributed by atoms with E-state index >= 15 is 0 Å². The first-order chi connectivity index (χ1) is 33.2. The Morgan fingerprint density at radius 1 is 0.324 bits per heavy atom. The normalized spacial score (nSPS) is 12.1. The summed E-state index contributed by atoms with van der Waals surface area (Å²) in [5.41, 5.74) is 16.2. The Morgan fingerprint density at radius 3 is 1.29 bits per heavy atom. The smallest absolute Gasteiger partial charge is 0.160 e. The molecule has 0 N–H and O–H groups in total. The van der Waals surface area contributed by atoms with Gasteiger partial charge in [0.25, 0.3) is 0 Å². The number of para-hydroxylation sites is 4. The average molecular weight is 890 g/mol. The molecule has 0 atom stereocenters. The molecule has 0 amide bonds. The second-order valence-electron chi connectivity index (χ2n) is 19.2. The van der Waals surface area contributed by atoms with Crippen LogP contribution in [0.25, 0.3) is 116 Å². The maximum Gasteiger partial charge on any atom is 0.160 e. The molecule has 0 saturated heterocycles. The highest BCUT2D eigenvalue weighted by atomic mass is 28.3. The summed E-state index contributed by atoms with van der Waals surface area (Å²) in [5.74, 6) is 0.679. The second kappa shape index (κ2) is 15.4. The summed E-state index contributed by atoms with van der Waals surface area (Å²) < 4.78 is 7.23. The molecule has 0 saturated carbocycles. The van der Waals surface area contributed by atoms with Crippen molar-refractivity contribution in [1.82, 2.24) is 23.7 Å². The van der Waals surface area contributed by atoms with Crippen LogP contribution >= 0.6 is 0 Å². The van der Waals surface area contributed by atoms with E-state index in [9.17, 15) is 0 Å². The van der Waals surface area contributed by atoms with Crippen molar-refractivity contribution >= 4 is 78.7 Å². The summed E-state index contributed by atoms with van der Waals surface area (Å²) in [4.78, 5) is 10.7. The number of aryl methyl sites for hydroxylation is 1. The van der Waals surface area contributed by atoms with Crippen LogP contribution < -0.4 is 5.19 Å². The standard InChI is InChI=1S/C62H47N5Si/c1-40-26-32-60-52(34-40)53-38-47(68(2,3)4)31-33-61(53)65(60)44-29-27-41(28-30-44)54-39-55(64-62(63-54)42-16-6-5-7-17-42)43-35-45(66-56-22-12-8-18-48(56)49-19-9-13-23-57(49)66)37-46(36-43)67-58-24-14-10-20-50(58)51-21-11-15-25-59(51)67/h5-39H,1-4H3. The third-order valence-corrected chi connectivity index (χ3v) is 15.9. The van der Waals surface area contributed by atoms with Crippen LogP contribution in [0.5, 0.6) is 0 Å². The summed E-state index contributed by atoms with van der Waals surface area (Å²) in [6.07, 6.45) is 0. The van der Waals surface area contributed by atoms with Crippen molar-refractivity contribution in [3.63, 3.8) is 0 Å². The Hall–Kier alpha value is -8.32. The van der Waals surface area contributed by atoms with Gasteiger partial charge in [-0.25, -0.2) is 9.97 Å². The van der Waals surface area contributed by atoms with Crippen LogP contribution in [-0.2, 0) is 0 Å². The molecule has 13 rings (SSSR count). The lowest BCUT2D eigenvalue weighted by Gasteiger charge is -2.17. The Bertz CT molecular complexity index is 3890. The molecular formula is C62H47N5Si. The maximum absolute atomic E-state index is 5.42. The molecule has 0 spiro atoms. The lowest BCUT2D eigenvalue weighted by Crippen LogP contribution is -2.37. The molecular weight excluding hydrogens is 843 g/mol. The van der Waals surface area contributed by atoms with E-state index in [-0.39, 0.29) is 0 Å². The van der Waals surface area contributed by atoms with E-state index in [2.05, 4.69) is 247 Å². The van der Waals surface area contributed by atoms with Crippen molar-refractivity contribution in [3.05, 3.63) is 218 Å². The van der Waals surface area contributed by atoms with E-state index in [1.54, 1.807) is 0 Å². The molecule has 0 aliphatic carbocycles. The molecule has 324 valence electrons. The number of fused-ring (bicyclic) bond motifs is 9. The lowest BCUT2D eigenvalue weighted by atomic mass is 10.0. The third kappa shape index (κ3) is 6.44. The predicted molar refractivity (Wildman–Crippen MR) is 289 cm³/mol. The average Bonchev–Trinajstić information content (AvgIpc) is 4.01. The van der Waals surface area contributed by atoms with Gasteiger partial charge in [0, 0.05) is 66.1 Å². The molecule has 9 aromatic carbocycles. The minimum absolute atomic E-state index is 0.679. The highest BCUT2D eigenvalue weighted by Gasteiger charge is 2.22. The lowest BCUT2D eigenvalue weighted by molar-refractivity contribution is 1.13. The van der Waals surface area contributed by atoms with Gasteiger partial charge in [-0.15, -0.1) is 0 Å². The number of aromatic nitrogens is 5. The number of hydrogen-bond donors (Lipinski definition) is 0. The van der Waals surface area contributed by atoms with Crippen LogP contribution in [0, 0.1) is 6.92 Å². The summed E-state index contributed by atoms with van der Waals surface area (Å²) in [5, 5.41) is 8.95. The molecule has 0 fully saturated rings. The van der Waals surface area contributed by atoms with E-state index < -0.39 is 8.07 Å². The number of hydrogen-bond acceptors (Lipinski definition) is 2. The van der Waals surface area contributed by atoms with E-state index in [4.69, 9.17) is 9.97 Å². The molecule has 0 aliphatic rings. The largest absolute Gasteiger partial charge is 0.309 e. The summed E-state index contributed by atoms with van der Waals surface area (Å²) in [6.45, 7) is 9.45. The molecule has 68 heavy (non-hydrogen) atoms. The van der Waals surface area contributed by atoms with Gasteiger partial charge in [-0.05, 0) is 85.8 Å². The molecule has 0 unspecified atom stereocenters. The zero-order chi connectivity index (χ0) is 45.7. The van der Waals surface area contributed by atoms with Crippen molar-refractivity contribution < 1.29 is 0 Å². The van der Waals surface area contributed by atoms with E-state index in [1.165, 1.54) is 54.1 Å². The SMILES string of the molecule is Cc1ccc2c(c1)c1cc([Si](C)(C)C)ccc1n2-c1ccc(-c2cc(-c3cc(-n4c5ccccc5c5ccccc54)cc(-n4c5ccccc5c5ccccc54)c3)nc(-c3ccccc3)n2)cc1. The van der Waals surface area contributed by atoms with Crippen molar-refractivity contribution in [1.29, 1.82) is 0 Å². The van der Waals surface area contributed by atoms with Gasteiger partial charge in [-0.1, -0.05) is 164 Å². The van der Waals surface area contributed by atoms with Gasteiger partial charge in [-0.2, -0.15) is 0 Å². The third-order valence-electron chi connectivity index (χ3n) is 13.8. The molecule has 4 aromatic heterocycles. The fourth-order valence-electron chi connectivity index (χ4n) is 10.5. The predicted octanol–water partition coefficient (Wildman–Crippen LogP) is 15.6. The first kappa shape index (κ1) is 40.0. The van der Waals surface area contributed by atoms with Crippen molar-refractivity contribution in [3.8, 4) is 51.0 Å². The van der Waals surface area contributed by atoms with E-state index in [0.717, 1.165) is 67.2 Å². The quantitative estimate of drug-likeness (QED) is 0.150. The summed E-state index contributed by atoms with van der Waals surface area (Å²) >= 11 is 0. The topological polar surface area (TPSA) is 40.6 Å². The molecule has 6 heteroatoms. The van der Waals surface area contributed by atoms with Crippen LogP contribution in [0.3, 0.4) is 0 Å². The van der Waals surface area contributed by atoms with Crippen LogP contribution in [-0.4, -0.2) is 31.7 Å².